The minimum atomic E-state index is -1.03. The van der Waals surface area contributed by atoms with Crippen LogP contribution in [0.25, 0.3) is 5.70 Å². The van der Waals surface area contributed by atoms with Crippen molar-refractivity contribution in [3.05, 3.63) is 82.3 Å². The third-order valence-electron chi connectivity index (χ3n) is 6.21. The Balaban J connectivity index is 1.93. The summed E-state index contributed by atoms with van der Waals surface area (Å²) in [6.07, 6.45) is 2.51. The fourth-order valence-corrected chi connectivity index (χ4v) is 4.68. The molecule has 1 N–H and O–H groups in total. The molecule has 0 saturated carbocycles. The zero-order valence-corrected chi connectivity index (χ0v) is 22.2. The number of carbonyl (C=O) groups excluding carboxylic acids is 1. The molecule has 0 aromatic heterocycles. The van der Waals surface area contributed by atoms with E-state index < -0.39 is 5.97 Å². The summed E-state index contributed by atoms with van der Waals surface area (Å²) in [4.78, 5) is 26.8. The van der Waals surface area contributed by atoms with Gasteiger partial charge in [-0.2, -0.15) is 0 Å². The van der Waals surface area contributed by atoms with Crippen molar-refractivity contribution in [3.8, 4) is 11.5 Å². The van der Waals surface area contributed by atoms with E-state index in [2.05, 4.69) is 0 Å². The summed E-state index contributed by atoms with van der Waals surface area (Å²) < 4.78 is 23.5. The summed E-state index contributed by atoms with van der Waals surface area (Å²) in [6.45, 7) is 9.55. The van der Waals surface area contributed by atoms with Crippen LogP contribution in [-0.2, 0) is 14.3 Å². The fourth-order valence-electron chi connectivity index (χ4n) is 4.68. The highest BCUT2D eigenvalue weighted by atomic mass is 16.5. The summed E-state index contributed by atoms with van der Waals surface area (Å²) in [5.74, 6) is 1.38. The molecular formula is C30H33NO7. The second-order valence-electron chi connectivity index (χ2n) is 8.61. The molecule has 0 fully saturated rings. The van der Waals surface area contributed by atoms with Gasteiger partial charge in [-0.1, -0.05) is 0 Å². The van der Waals surface area contributed by atoms with E-state index in [4.69, 9.17) is 18.9 Å². The van der Waals surface area contributed by atoms with Crippen LogP contribution >= 0.6 is 0 Å². The van der Waals surface area contributed by atoms with Gasteiger partial charge >= 0.3 is 5.97 Å². The number of aromatic carboxylic acids is 1. The van der Waals surface area contributed by atoms with Gasteiger partial charge in [0.05, 0.1) is 44.1 Å². The van der Waals surface area contributed by atoms with Gasteiger partial charge in [0.2, 0.25) is 5.91 Å². The van der Waals surface area contributed by atoms with Gasteiger partial charge in [-0.05, 0) is 87.4 Å². The summed E-state index contributed by atoms with van der Waals surface area (Å²) >= 11 is 0. The molecule has 4 rings (SSSR count). The van der Waals surface area contributed by atoms with Crippen molar-refractivity contribution in [1.29, 1.82) is 0 Å². The number of anilines is 1. The summed E-state index contributed by atoms with van der Waals surface area (Å²) in [5, 5.41) is 9.37. The molecule has 8 heteroatoms. The van der Waals surface area contributed by atoms with Crippen LogP contribution < -0.4 is 14.4 Å². The van der Waals surface area contributed by atoms with Crippen molar-refractivity contribution in [1.82, 2.24) is 0 Å². The van der Waals surface area contributed by atoms with E-state index in [0.29, 0.717) is 67.3 Å². The van der Waals surface area contributed by atoms with E-state index in [0.717, 1.165) is 16.7 Å². The first-order valence-corrected chi connectivity index (χ1v) is 12.9. The lowest BCUT2D eigenvalue weighted by Gasteiger charge is -2.36. The summed E-state index contributed by atoms with van der Waals surface area (Å²) in [5.41, 5.74) is 3.97. The van der Waals surface area contributed by atoms with Crippen LogP contribution in [0.3, 0.4) is 0 Å². The Morgan fingerprint density at radius 2 is 1.50 bits per heavy atom. The van der Waals surface area contributed by atoms with Gasteiger partial charge in [-0.25, -0.2) is 4.79 Å². The van der Waals surface area contributed by atoms with Crippen molar-refractivity contribution in [3.63, 3.8) is 0 Å². The second kappa shape index (κ2) is 11.9. The molecule has 8 nitrogen and oxygen atoms in total. The predicted molar refractivity (Wildman–Crippen MR) is 144 cm³/mol. The van der Waals surface area contributed by atoms with Gasteiger partial charge in [-0.15, -0.1) is 0 Å². The average molecular weight is 520 g/mol. The van der Waals surface area contributed by atoms with Crippen LogP contribution in [0.4, 0.5) is 5.69 Å². The van der Waals surface area contributed by atoms with Crippen LogP contribution in [-0.4, -0.2) is 43.4 Å². The van der Waals surface area contributed by atoms with Crippen LogP contribution in [0, 0.1) is 0 Å². The monoisotopic (exact) mass is 519 g/mol. The van der Waals surface area contributed by atoms with Gasteiger partial charge in [0.1, 0.15) is 5.76 Å². The molecule has 2 aromatic rings. The molecule has 38 heavy (non-hydrogen) atoms. The minimum absolute atomic E-state index is 0.138. The fraction of sp³-hybridized carbons (Fsp3) is 0.333. The Morgan fingerprint density at radius 1 is 0.842 bits per heavy atom. The Labute approximate surface area is 222 Å². The Hall–Kier alpha value is -4.20. The van der Waals surface area contributed by atoms with E-state index in [-0.39, 0.29) is 17.9 Å². The number of fused-ring (bicyclic) bond motifs is 1. The van der Waals surface area contributed by atoms with Gasteiger partial charge in [-0.3, -0.25) is 9.69 Å². The number of carbonyl (C=O) groups is 2. The highest BCUT2D eigenvalue weighted by Gasteiger charge is 2.35. The van der Waals surface area contributed by atoms with E-state index in [9.17, 15) is 14.7 Å². The lowest BCUT2D eigenvalue weighted by molar-refractivity contribution is -0.117. The molecule has 0 unspecified atom stereocenters. The molecule has 0 bridgehead atoms. The molecule has 2 aromatic carbocycles. The number of rotatable bonds is 11. The standard InChI is InChI=1S/C30H33NO7/c1-5-35-24-14-11-20(15-25(24)36-6-2)29-23-18-27(38-8-4)26(37-7-3)16-21(23)17-28(32)31(29)22-12-9-19(10-13-22)30(33)34/h9-16H,5-8,17-18H2,1-4H3,(H,33,34). The Bertz CT molecular complexity index is 1300. The van der Waals surface area contributed by atoms with Crippen LogP contribution in [0.5, 0.6) is 11.5 Å². The van der Waals surface area contributed by atoms with Gasteiger partial charge in [0, 0.05) is 17.7 Å². The summed E-state index contributed by atoms with van der Waals surface area (Å²) in [7, 11) is 0. The Morgan fingerprint density at radius 3 is 2.13 bits per heavy atom. The lowest BCUT2D eigenvalue weighted by Crippen LogP contribution is -2.35. The first kappa shape index (κ1) is 26.9. The molecule has 1 amide bonds. The number of allylic oxidation sites excluding steroid dienone is 2. The Kier molecular flexibility index (Phi) is 8.41. The summed E-state index contributed by atoms with van der Waals surface area (Å²) in [6, 6.07) is 12.0. The van der Waals surface area contributed by atoms with Crippen molar-refractivity contribution in [2.45, 2.75) is 40.5 Å². The number of nitrogens with zero attached hydrogens (tertiary/aromatic N) is 1. The van der Waals surface area contributed by atoms with Crippen molar-refractivity contribution in [2.75, 3.05) is 31.3 Å². The normalized spacial score (nSPS) is 15.2. The maximum Gasteiger partial charge on any atom is 0.335 e. The highest BCUT2D eigenvalue weighted by molar-refractivity contribution is 6.11. The minimum Gasteiger partial charge on any atom is -0.494 e. The molecule has 0 radical (unpaired) electrons. The molecule has 200 valence electrons. The van der Waals surface area contributed by atoms with Gasteiger partial charge < -0.3 is 24.1 Å². The van der Waals surface area contributed by atoms with E-state index in [1.54, 1.807) is 17.0 Å². The molecular weight excluding hydrogens is 486 g/mol. The highest BCUT2D eigenvalue weighted by Crippen LogP contribution is 2.45. The number of carboxylic acids is 1. The number of ether oxygens (including phenoxy) is 4. The number of hydrogen-bond donors (Lipinski definition) is 1. The van der Waals surface area contributed by atoms with E-state index in [1.807, 2.05) is 52.0 Å². The lowest BCUT2D eigenvalue weighted by atomic mass is 9.85. The number of benzene rings is 2. The smallest absolute Gasteiger partial charge is 0.335 e. The van der Waals surface area contributed by atoms with Crippen LogP contribution in [0.15, 0.2) is 71.2 Å². The van der Waals surface area contributed by atoms with Crippen molar-refractivity contribution in [2.24, 2.45) is 0 Å². The molecule has 1 aliphatic carbocycles. The van der Waals surface area contributed by atoms with Crippen LogP contribution in [0.1, 0.15) is 56.5 Å². The zero-order chi connectivity index (χ0) is 27.2. The maximum atomic E-state index is 13.7. The second-order valence-corrected chi connectivity index (χ2v) is 8.61. The van der Waals surface area contributed by atoms with E-state index >= 15 is 0 Å². The van der Waals surface area contributed by atoms with Crippen molar-refractivity contribution < 1.29 is 33.6 Å². The number of amides is 1. The molecule has 1 aliphatic heterocycles. The number of carboxylic acid groups (broad SMARTS) is 1. The molecule has 0 atom stereocenters. The largest absolute Gasteiger partial charge is 0.494 e. The first-order chi connectivity index (χ1) is 18.4. The topological polar surface area (TPSA) is 94.5 Å². The zero-order valence-electron chi connectivity index (χ0n) is 22.2. The third-order valence-corrected chi connectivity index (χ3v) is 6.21. The molecule has 1 heterocycles. The van der Waals surface area contributed by atoms with E-state index in [1.165, 1.54) is 12.1 Å². The maximum absolute atomic E-state index is 13.7. The van der Waals surface area contributed by atoms with Crippen LogP contribution in [0.2, 0.25) is 0 Å². The third kappa shape index (κ3) is 5.39. The quantitative estimate of drug-likeness (QED) is 0.392. The average Bonchev–Trinajstić information content (AvgIpc) is 2.90. The molecule has 0 saturated heterocycles. The molecule has 0 spiro atoms. The first-order valence-electron chi connectivity index (χ1n) is 12.9. The van der Waals surface area contributed by atoms with Crippen molar-refractivity contribution >= 4 is 23.3 Å². The van der Waals surface area contributed by atoms with Gasteiger partial charge in [0.25, 0.3) is 0 Å². The SMILES string of the molecule is CCOC1=C(OCC)CC2=C(c3ccc(OCC)c(OCC)c3)N(c3ccc(C(=O)O)cc3)C(=O)CC2=C1. The predicted octanol–water partition coefficient (Wildman–Crippen LogP) is 5.94. The molecule has 2 aliphatic rings. The number of hydrogen-bond acceptors (Lipinski definition) is 6. The van der Waals surface area contributed by atoms with Gasteiger partial charge in [0.15, 0.2) is 17.3 Å².